The summed E-state index contributed by atoms with van der Waals surface area (Å²) in [5.41, 5.74) is 1.24. The summed E-state index contributed by atoms with van der Waals surface area (Å²) in [7, 11) is 0. The molecule has 2 aromatic rings. The molecule has 1 aromatic carbocycles. The zero-order valence-electron chi connectivity index (χ0n) is 11.3. The number of anilines is 1. The third-order valence-corrected chi connectivity index (χ3v) is 4.46. The minimum absolute atomic E-state index is 0.159. The molecule has 0 unspecified atom stereocenters. The van der Waals surface area contributed by atoms with Gasteiger partial charge in [0, 0.05) is 16.1 Å². The van der Waals surface area contributed by atoms with Crippen molar-refractivity contribution in [1.29, 1.82) is 0 Å². The first kappa shape index (κ1) is 15.5. The number of aromatic nitrogens is 1. The number of aromatic carboxylic acids is 1. The summed E-state index contributed by atoms with van der Waals surface area (Å²) in [5.74, 6) is -2.20. The minimum Gasteiger partial charge on any atom is -0.543 e. The molecule has 0 aliphatic carbocycles. The number of hydrogen-bond donors (Lipinski definition) is 1. The predicted molar refractivity (Wildman–Crippen MR) is 79.7 cm³/mol. The summed E-state index contributed by atoms with van der Waals surface area (Å²) in [4.78, 5) is 26.8. The van der Waals surface area contributed by atoms with Gasteiger partial charge in [0.2, 0.25) is 5.91 Å². The Balaban J connectivity index is 2.15. The van der Waals surface area contributed by atoms with Gasteiger partial charge in [-0.25, -0.2) is 4.98 Å². The monoisotopic (exact) mass is 323 g/mol. The van der Waals surface area contributed by atoms with Crippen molar-refractivity contribution in [2.24, 2.45) is 0 Å². The predicted octanol–water partition coefficient (Wildman–Crippen LogP) is 2.21. The molecule has 1 amide bonds. The molecule has 1 heterocycles. The second-order valence-electron chi connectivity index (χ2n) is 4.48. The molecular weight excluding hydrogens is 312 g/mol. The van der Waals surface area contributed by atoms with Gasteiger partial charge in [-0.2, -0.15) is 0 Å². The molecule has 110 valence electrons. The van der Waals surface area contributed by atoms with Crippen molar-refractivity contribution in [3.8, 4) is 0 Å². The van der Waals surface area contributed by atoms with E-state index in [0.29, 0.717) is 15.7 Å². The van der Waals surface area contributed by atoms with Gasteiger partial charge in [-0.05, 0) is 31.5 Å². The van der Waals surface area contributed by atoms with E-state index in [1.165, 1.54) is 5.38 Å². The molecule has 21 heavy (non-hydrogen) atoms. The number of nitrogens with zero attached hydrogens (tertiary/aromatic N) is 1. The summed E-state index contributed by atoms with van der Waals surface area (Å²) in [6.07, 6.45) is 0. The third kappa shape index (κ3) is 3.40. The topological polar surface area (TPSA) is 82.1 Å². The van der Waals surface area contributed by atoms with Gasteiger partial charge >= 0.3 is 0 Å². The van der Waals surface area contributed by atoms with Crippen LogP contribution in [-0.2, 0) is 4.79 Å². The molecule has 7 heteroatoms. The minimum atomic E-state index is -1.35. The summed E-state index contributed by atoms with van der Waals surface area (Å²) in [5, 5.41) is 15.8. The van der Waals surface area contributed by atoms with Gasteiger partial charge in [0.25, 0.3) is 0 Å². The number of amides is 1. The first-order chi connectivity index (χ1) is 9.90. The van der Waals surface area contributed by atoms with Crippen LogP contribution in [0.4, 0.5) is 5.69 Å². The van der Waals surface area contributed by atoms with Gasteiger partial charge in [-0.1, -0.05) is 17.7 Å². The summed E-state index contributed by atoms with van der Waals surface area (Å²) >= 11 is 7.11. The molecule has 0 aliphatic heterocycles. The van der Waals surface area contributed by atoms with Crippen molar-refractivity contribution < 1.29 is 14.7 Å². The Morgan fingerprint density at radius 3 is 2.76 bits per heavy atom. The molecule has 1 N–H and O–H groups in total. The molecule has 0 saturated carbocycles. The lowest BCUT2D eigenvalue weighted by atomic mass is 10.1. The highest BCUT2D eigenvalue weighted by Gasteiger charge is 2.20. The Morgan fingerprint density at radius 1 is 1.43 bits per heavy atom. The van der Waals surface area contributed by atoms with Crippen LogP contribution in [-0.4, -0.2) is 16.9 Å². The maximum atomic E-state index is 12.2. The van der Waals surface area contributed by atoms with Crippen LogP contribution in [0.5, 0.6) is 0 Å². The number of nitrogens with one attached hydrogen (secondary N) is 1. The second kappa shape index (κ2) is 6.24. The second-order valence-corrected chi connectivity index (χ2v) is 5.78. The number of benzene rings is 1. The van der Waals surface area contributed by atoms with E-state index in [1.54, 1.807) is 32.0 Å². The van der Waals surface area contributed by atoms with Crippen molar-refractivity contribution >= 4 is 40.5 Å². The summed E-state index contributed by atoms with van der Waals surface area (Å²) < 4.78 is 0. The van der Waals surface area contributed by atoms with E-state index in [0.717, 1.165) is 16.9 Å². The highest BCUT2D eigenvalue weighted by Crippen LogP contribution is 2.26. The average Bonchev–Trinajstić information content (AvgIpc) is 2.93. The lowest BCUT2D eigenvalue weighted by Gasteiger charge is -2.12. The highest BCUT2D eigenvalue weighted by atomic mass is 35.5. The first-order valence-corrected chi connectivity index (χ1v) is 7.38. The molecule has 0 bridgehead atoms. The standard InChI is InChI=1S/C14H13ClN2O3S/c1-7-9(15)4-3-5-10(7)16-12(18)8(2)13-17-11(6-21-13)14(19)20/h3-6,8H,1-2H3,(H,16,18)(H,19,20)/p-1/t8-/m1/s1. The van der Waals surface area contributed by atoms with E-state index in [9.17, 15) is 14.7 Å². The van der Waals surface area contributed by atoms with Crippen molar-refractivity contribution in [1.82, 2.24) is 4.98 Å². The number of carboxylic acid groups (broad SMARTS) is 1. The Labute approximate surface area is 130 Å². The van der Waals surface area contributed by atoms with Gasteiger partial charge in [-0.3, -0.25) is 4.79 Å². The van der Waals surface area contributed by atoms with Crippen LogP contribution in [0.2, 0.25) is 5.02 Å². The van der Waals surface area contributed by atoms with E-state index in [-0.39, 0.29) is 11.6 Å². The van der Waals surface area contributed by atoms with Crippen LogP contribution in [0.25, 0.3) is 0 Å². The summed E-state index contributed by atoms with van der Waals surface area (Å²) in [6.45, 7) is 3.47. The van der Waals surface area contributed by atoms with E-state index in [4.69, 9.17) is 11.6 Å². The van der Waals surface area contributed by atoms with Gasteiger partial charge in [0.15, 0.2) is 0 Å². The Morgan fingerprint density at radius 2 is 2.14 bits per heavy atom. The largest absolute Gasteiger partial charge is 0.543 e. The van der Waals surface area contributed by atoms with Crippen LogP contribution in [0.15, 0.2) is 23.6 Å². The molecule has 0 radical (unpaired) electrons. The third-order valence-electron chi connectivity index (χ3n) is 3.02. The van der Waals surface area contributed by atoms with Crippen LogP contribution in [0, 0.1) is 6.92 Å². The van der Waals surface area contributed by atoms with Crippen LogP contribution < -0.4 is 10.4 Å². The number of hydrogen-bond acceptors (Lipinski definition) is 5. The molecule has 1 aromatic heterocycles. The van der Waals surface area contributed by atoms with E-state index in [1.807, 2.05) is 0 Å². The van der Waals surface area contributed by atoms with E-state index >= 15 is 0 Å². The molecule has 0 fully saturated rings. The Kier molecular flexibility index (Phi) is 4.59. The van der Waals surface area contributed by atoms with Crippen LogP contribution in [0.1, 0.15) is 33.9 Å². The fourth-order valence-electron chi connectivity index (χ4n) is 1.68. The number of halogens is 1. The average molecular weight is 324 g/mol. The molecule has 0 aliphatic rings. The molecule has 1 atom stereocenters. The van der Waals surface area contributed by atoms with E-state index in [2.05, 4.69) is 10.3 Å². The quantitative estimate of drug-likeness (QED) is 0.935. The lowest BCUT2D eigenvalue weighted by Crippen LogP contribution is -2.23. The maximum absolute atomic E-state index is 12.2. The number of carbonyl (C=O) groups is 2. The van der Waals surface area contributed by atoms with Crippen molar-refractivity contribution in [2.75, 3.05) is 5.32 Å². The van der Waals surface area contributed by atoms with Gasteiger partial charge in [-0.15, -0.1) is 11.3 Å². The molecule has 5 nitrogen and oxygen atoms in total. The summed E-state index contributed by atoms with van der Waals surface area (Å²) in [6, 6.07) is 5.23. The smallest absolute Gasteiger partial charge is 0.234 e. The van der Waals surface area contributed by atoms with Gasteiger partial charge < -0.3 is 15.2 Å². The zero-order chi connectivity index (χ0) is 15.6. The maximum Gasteiger partial charge on any atom is 0.234 e. The zero-order valence-corrected chi connectivity index (χ0v) is 12.9. The number of carbonyl (C=O) groups excluding carboxylic acids is 2. The van der Waals surface area contributed by atoms with Gasteiger partial charge in [0.05, 0.1) is 17.6 Å². The van der Waals surface area contributed by atoms with E-state index < -0.39 is 11.9 Å². The molecular formula is C14H12ClN2O3S-. The fraction of sp³-hybridized carbons (Fsp3) is 0.214. The van der Waals surface area contributed by atoms with Crippen LogP contribution in [0.3, 0.4) is 0 Å². The van der Waals surface area contributed by atoms with Crippen molar-refractivity contribution in [3.63, 3.8) is 0 Å². The van der Waals surface area contributed by atoms with Crippen molar-refractivity contribution in [2.45, 2.75) is 19.8 Å². The molecule has 0 spiro atoms. The van der Waals surface area contributed by atoms with Crippen molar-refractivity contribution in [3.05, 3.63) is 44.9 Å². The Hall–Kier alpha value is -1.92. The number of rotatable bonds is 4. The highest BCUT2D eigenvalue weighted by molar-refractivity contribution is 7.10. The Bertz CT molecular complexity index is 699. The van der Waals surface area contributed by atoms with Crippen LogP contribution >= 0.6 is 22.9 Å². The molecule has 2 rings (SSSR count). The van der Waals surface area contributed by atoms with Gasteiger partial charge in [0.1, 0.15) is 5.01 Å². The normalized spacial score (nSPS) is 12.0. The number of thiazole rings is 1. The first-order valence-electron chi connectivity index (χ1n) is 6.13. The SMILES string of the molecule is Cc1c(Cl)cccc1NC(=O)[C@@H](C)c1nc(C(=O)[O-])cs1. The fourth-order valence-corrected chi connectivity index (χ4v) is 2.69. The molecule has 0 saturated heterocycles. The lowest BCUT2D eigenvalue weighted by molar-refractivity contribution is -0.255. The number of carboxylic acids is 1.